The van der Waals surface area contributed by atoms with Crippen LogP contribution in [-0.2, 0) is 9.59 Å². The average Bonchev–Trinajstić information content (AvgIpc) is 2.63. The van der Waals surface area contributed by atoms with E-state index >= 15 is 0 Å². The second-order valence-corrected chi connectivity index (χ2v) is 6.20. The van der Waals surface area contributed by atoms with Gasteiger partial charge in [0.1, 0.15) is 18.4 Å². The van der Waals surface area contributed by atoms with E-state index in [9.17, 15) is 14.4 Å². The number of urea groups is 1. The SMILES string of the molecule is CNC(=O)C[C@@H]1C(=O)NCCN1C(=O)NCCOc1ccc(C)c(C)c1. The average molecular weight is 362 g/mol. The molecule has 1 aliphatic heterocycles. The Balaban J connectivity index is 1.84. The lowest BCUT2D eigenvalue weighted by Crippen LogP contribution is -2.60. The molecule has 8 heteroatoms. The highest BCUT2D eigenvalue weighted by molar-refractivity contribution is 5.92. The lowest BCUT2D eigenvalue weighted by Gasteiger charge is -2.34. The van der Waals surface area contributed by atoms with E-state index in [1.54, 1.807) is 0 Å². The summed E-state index contributed by atoms with van der Waals surface area (Å²) in [7, 11) is 1.50. The van der Waals surface area contributed by atoms with Gasteiger partial charge in [-0.15, -0.1) is 0 Å². The van der Waals surface area contributed by atoms with Gasteiger partial charge < -0.3 is 25.6 Å². The number of piperazine rings is 1. The van der Waals surface area contributed by atoms with Crippen molar-refractivity contribution in [3.05, 3.63) is 29.3 Å². The first kappa shape index (κ1) is 19.6. The first-order valence-electron chi connectivity index (χ1n) is 8.65. The zero-order valence-corrected chi connectivity index (χ0v) is 15.4. The third-order valence-electron chi connectivity index (χ3n) is 4.37. The molecule has 0 radical (unpaired) electrons. The molecule has 1 aliphatic rings. The molecular weight excluding hydrogens is 336 g/mol. The van der Waals surface area contributed by atoms with Crippen molar-refractivity contribution in [3.8, 4) is 5.75 Å². The van der Waals surface area contributed by atoms with Crippen LogP contribution in [0.4, 0.5) is 4.79 Å². The van der Waals surface area contributed by atoms with E-state index in [4.69, 9.17) is 4.74 Å². The van der Waals surface area contributed by atoms with Crippen LogP contribution in [0.3, 0.4) is 0 Å². The monoisotopic (exact) mass is 362 g/mol. The van der Waals surface area contributed by atoms with E-state index in [2.05, 4.69) is 16.0 Å². The summed E-state index contributed by atoms with van der Waals surface area (Å²) in [5.74, 6) is 0.140. The number of carbonyl (C=O) groups excluding carboxylic acids is 3. The van der Waals surface area contributed by atoms with Gasteiger partial charge in [-0.3, -0.25) is 9.59 Å². The maximum atomic E-state index is 12.4. The van der Waals surface area contributed by atoms with Crippen molar-refractivity contribution in [1.82, 2.24) is 20.9 Å². The second kappa shape index (κ2) is 9.07. The van der Waals surface area contributed by atoms with Crippen LogP contribution in [0.5, 0.6) is 5.75 Å². The third kappa shape index (κ3) is 5.11. The standard InChI is InChI=1S/C18H26N4O4/c1-12-4-5-14(10-13(12)2)26-9-7-21-18(25)22-8-6-20-17(24)15(22)11-16(23)19-3/h4-5,10,15H,6-9,11H2,1-3H3,(H,19,23)(H,20,24)(H,21,25)/t15-/m1/s1. The topological polar surface area (TPSA) is 99.8 Å². The normalized spacial score (nSPS) is 16.7. The molecule has 1 saturated heterocycles. The van der Waals surface area contributed by atoms with Crippen LogP contribution in [0.1, 0.15) is 17.5 Å². The summed E-state index contributed by atoms with van der Waals surface area (Å²) >= 11 is 0. The maximum absolute atomic E-state index is 12.4. The zero-order valence-electron chi connectivity index (χ0n) is 15.4. The third-order valence-corrected chi connectivity index (χ3v) is 4.37. The van der Waals surface area contributed by atoms with Crippen molar-refractivity contribution < 1.29 is 19.1 Å². The maximum Gasteiger partial charge on any atom is 0.318 e. The van der Waals surface area contributed by atoms with Gasteiger partial charge in [0.15, 0.2) is 0 Å². The molecule has 1 fully saturated rings. The van der Waals surface area contributed by atoms with Crippen molar-refractivity contribution in [1.29, 1.82) is 0 Å². The summed E-state index contributed by atoms with van der Waals surface area (Å²) in [4.78, 5) is 37.4. The lowest BCUT2D eigenvalue weighted by atomic mass is 10.1. The van der Waals surface area contributed by atoms with Gasteiger partial charge in [0.05, 0.1) is 13.0 Å². The number of ether oxygens (including phenoxy) is 1. The smallest absolute Gasteiger partial charge is 0.318 e. The lowest BCUT2D eigenvalue weighted by molar-refractivity contribution is -0.132. The van der Waals surface area contributed by atoms with Crippen LogP contribution in [-0.4, -0.2) is 62.1 Å². The number of amides is 4. The highest BCUT2D eigenvalue weighted by atomic mass is 16.5. The Morgan fingerprint density at radius 3 is 2.77 bits per heavy atom. The molecule has 4 amide bonds. The molecule has 0 saturated carbocycles. The van der Waals surface area contributed by atoms with E-state index in [1.165, 1.54) is 17.5 Å². The van der Waals surface area contributed by atoms with Crippen molar-refractivity contribution in [2.45, 2.75) is 26.3 Å². The Morgan fingerprint density at radius 1 is 1.31 bits per heavy atom. The molecule has 0 aromatic heterocycles. The van der Waals surface area contributed by atoms with E-state index in [0.29, 0.717) is 26.2 Å². The van der Waals surface area contributed by atoms with Gasteiger partial charge in [-0.1, -0.05) is 6.07 Å². The summed E-state index contributed by atoms with van der Waals surface area (Å²) in [6.07, 6.45) is -0.0606. The minimum atomic E-state index is -0.802. The predicted octanol–water partition coefficient (Wildman–Crippen LogP) is 0.328. The van der Waals surface area contributed by atoms with E-state index in [1.807, 2.05) is 32.0 Å². The fraction of sp³-hybridized carbons (Fsp3) is 0.500. The molecule has 1 aromatic rings. The quantitative estimate of drug-likeness (QED) is 0.635. The summed E-state index contributed by atoms with van der Waals surface area (Å²) in [6.45, 7) is 5.39. The number of benzene rings is 1. The van der Waals surface area contributed by atoms with E-state index in [0.717, 1.165) is 11.3 Å². The van der Waals surface area contributed by atoms with Crippen LogP contribution in [0.25, 0.3) is 0 Å². The van der Waals surface area contributed by atoms with Crippen LogP contribution in [0.15, 0.2) is 18.2 Å². The van der Waals surface area contributed by atoms with Gasteiger partial charge in [-0.05, 0) is 37.1 Å². The molecule has 26 heavy (non-hydrogen) atoms. The molecule has 2 rings (SSSR count). The first-order chi connectivity index (χ1) is 12.4. The van der Waals surface area contributed by atoms with Crippen molar-refractivity contribution in [3.63, 3.8) is 0 Å². The summed E-state index contributed by atoms with van der Waals surface area (Å²) in [6, 6.07) is 4.64. The minimum Gasteiger partial charge on any atom is -0.492 e. The fourth-order valence-electron chi connectivity index (χ4n) is 2.67. The zero-order chi connectivity index (χ0) is 19.1. The second-order valence-electron chi connectivity index (χ2n) is 6.20. The van der Waals surface area contributed by atoms with Gasteiger partial charge in [-0.2, -0.15) is 0 Å². The van der Waals surface area contributed by atoms with Crippen molar-refractivity contribution >= 4 is 17.8 Å². The van der Waals surface area contributed by atoms with Crippen LogP contribution >= 0.6 is 0 Å². The van der Waals surface area contributed by atoms with Gasteiger partial charge in [0.2, 0.25) is 11.8 Å². The molecule has 1 heterocycles. The first-order valence-corrected chi connectivity index (χ1v) is 8.65. The van der Waals surface area contributed by atoms with E-state index < -0.39 is 6.04 Å². The summed E-state index contributed by atoms with van der Waals surface area (Å²) in [5.41, 5.74) is 2.33. The van der Waals surface area contributed by atoms with Gasteiger partial charge >= 0.3 is 6.03 Å². The Kier molecular flexibility index (Phi) is 6.82. The number of nitrogens with one attached hydrogen (secondary N) is 3. The van der Waals surface area contributed by atoms with Gasteiger partial charge in [-0.25, -0.2) is 4.79 Å². The number of carbonyl (C=O) groups is 3. The Hall–Kier alpha value is -2.77. The number of hydrogen-bond acceptors (Lipinski definition) is 4. The molecular formula is C18H26N4O4. The number of aryl methyl sites for hydroxylation is 2. The number of nitrogens with zero attached hydrogens (tertiary/aromatic N) is 1. The van der Waals surface area contributed by atoms with Gasteiger partial charge in [0.25, 0.3) is 0 Å². The highest BCUT2D eigenvalue weighted by Crippen LogP contribution is 2.16. The fourth-order valence-corrected chi connectivity index (χ4v) is 2.67. The molecule has 0 aliphatic carbocycles. The molecule has 3 N–H and O–H groups in total. The molecule has 142 valence electrons. The highest BCUT2D eigenvalue weighted by Gasteiger charge is 2.34. The number of rotatable bonds is 6. The van der Waals surface area contributed by atoms with Crippen LogP contribution in [0, 0.1) is 13.8 Å². The largest absolute Gasteiger partial charge is 0.492 e. The Bertz CT molecular complexity index is 677. The van der Waals surface area contributed by atoms with Crippen LogP contribution in [0.2, 0.25) is 0 Å². The number of hydrogen-bond donors (Lipinski definition) is 3. The molecule has 1 aromatic carbocycles. The molecule has 0 unspecified atom stereocenters. The molecule has 1 atom stereocenters. The van der Waals surface area contributed by atoms with Crippen LogP contribution < -0.4 is 20.7 Å². The van der Waals surface area contributed by atoms with Gasteiger partial charge in [0, 0.05) is 20.1 Å². The minimum absolute atomic E-state index is 0.0606. The Labute approximate surface area is 153 Å². The van der Waals surface area contributed by atoms with Crippen molar-refractivity contribution in [2.24, 2.45) is 0 Å². The van der Waals surface area contributed by atoms with Crippen molar-refractivity contribution in [2.75, 3.05) is 33.3 Å². The van der Waals surface area contributed by atoms with E-state index in [-0.39, 0.29) is 24.3 Å². The molecule has 0 spiro atoms. The molecule has 0 bridgehead atoms. The Morgan fingerprint density at radius 2 is 2.08 bits per heavy atom. The predicted molar refractivity (Wildman–Crippen MR) is 97.0 cm³/mol. The summed E-state index contributed by atoms with van der Waals surface area (Å²) < 4.78 is 5.63. The molecule has 8 nitrogen and oxygen atoms in total. The summed E-state index contributed by atoms with van der Waals surface area (Å²) in [5, 5.41) is 7.89.